The van der Waals surface area contributed by atoms with Crippen LogP contribution >= 0.6 is 0 Å². The molecule has 164 valence electrons. The fourth-order valence-corrected chi connectivity index (χ4v) is 2.44. The molecule has 0 heterocycles. The lowest BCUT2D eigenvalue weighted by Gasteiger charge is -2.19. The van der Waals surface area contributed by atoms with Crippen molar-refractivity contribution in [1.29, 1.82) is 0 Å². The standard InChI is InChI=1S/C23H26FN3O4/c1-23(2,3)31-22(30)26-15-21(29)25-14-17-6-4-5-7-19(17)27-20(28)13-10-16-8-11-18(24)12-9-16/h4-13H,14-15H2,1-3H3,(H,25,29)(H,26,30)(H,27,28)/b13-10+. The van der Waals surface area contributed by atoms with Crippen LogP contribution in [0.3, 0.4) is 0 Å². The third-order valence-corrected chi connectivity index (χ3v) is 3.84. The molecular formula is C23H26FN3O4. The van der Waals surface area contributed by atoms with Crippen molar-refractivity contribution in [2.75, 3.05) is 11.9 Å². The Kier molecular flexibility index (Phi) is 8.31. The first-order chi connectivity index (χ1) is 14.6. The van der Waals surface area contributed by atoms with Crippen LogP contribution < -0.4 is 16.0 Å². The Morgan fingerprint density at radius 1 is 1.00 bits per heavy atom. The van der Waals surface area contributed by atoms with E-state index in [0.29, 0.717) is 16.8 Å². The first-order valence-corrected chi connectivity index (χ1v) is 9.68. The van der Waals surface area contributed by atoms with Crippen molar-refractivity contribution in [3.05, 3.63) is 71.6 Å². The van der Waals surface area contributed by atoms with Crippen LogP contribution in [0.2, 0.25) is 0 Å². The summed E-state index contributed by atoms with van der Waals surface area (Å²) in [5.74, 6) is -1.11. The highest BCUT2D eigenvalue weighted by molar-refractivity contribution is 6.02. The van der Waals surface area contributed by atoms with Gasteiger partial charge in [0.25, 0.3) is 0 Å². The summed E-state index contributed by atoms with van der Waals surface area (Å²) in [5.41, 5.74) is 1.27. The molecule has 0 aromatic heterocycles. The van der Waals surface area contributed by atoms with Gasteiger partial charge in [-0.1, -0.05) is 30.3 Å². The minimum Gasteiger partial charge on any atom is -0.444 e. The van der Waals surface area contributed by atoms with Gasteiger partial charge in [0, 0.05) is 18.3 Å². The molecule has 0 aliphatic carbocycles. The monoisotopic (exact) mass is 427 g/mol. The van der Waals surface area contributed by atoms with Crippen LogP contribution in [-0.2, 0) is 20.9 Å². The second kappa shape index (κ2) is 10.9. The van der Waals surface area contributed by atoms with Gasteiger partial charge in [0.05, 0.1) is 0 Å². The molecule has 2 rings (SSSR count). The summed E-state index contributed by atoms with van der Waals surface area (Å²) in [4.78, 5) is 35.8. The van der Waals surface area contributed by atoms with Crippen LogP contribution in [0.5, 0.6) is 0 Å². The number of benzene rings is 2. The highest BCUT2D eigenvalue weighted by Crippen LogP contribution is 2.15. The minimum atomic E-state index is -0.678. The fraction of sp³-hybridized carbons (Fsp3) is 0.261. The van der Waals surface area contributed by atoms with E-state index in [2.05, 4.69) is 16.0 Å². The van der Waals surface area contributed by atoms with Gasteiger partial charge < -0.3 is 20.7 Å². The Morgan fingerprint density at radius 2 is 1.68 bits per heavy atom. The predicted octanol–water partition coefficient (Wildman–Crippen LogP) is 3.62. The van der Waals surface area contributed by atoms with Crippen LogP contribution in [0.25, 0.3) is 6.08 Å². The SMILES string of the molecule is CC(C)(C)OC(=O)NCC(=O)NCc1ccccc1NC(=O)/C=C/c1ccc(F)cc1. The molecule has 0 saturated carbocycles. The molecule has 0 unspecified atom stereocenters. The van der Waals surface area contributed by atoms with Gasteiger partial charge in [-0.05, 0) is 56.2 Å². The molecule has 3 amide bonds. The molecule has 0 fully saturated rings. The molecule has 31 heavy (non-hydrogen) atoms. The third-order valence-electron chi connectivity index (χ3n) is 3.84. The van der Waals surface area contributed by atoms with Gasteiger partial charge in [0.1, 0.15) is 18.0 Å². The lowest BCUT2D eigenvalue weighted by atomic mass is 10.1. The smallest absolute Gasteiger partial charge is 0.408 e. The second-order valence-corrected chi connectivity index (χ2v) is 7.66. The molecule has 0 radical (unpaired) electrons. The number of carbonyl (C=O) groups excluding carboxylic acids is 3. The number of alkyl carbamates (subject to hydrolysis) is 1. The van der Waals surface area contributed by atoms with Gasteiger partial charge in [-0.3, -0.25) is 9.59 Å². The number of amides is 3. The Bertz CT molecular complexity index is 950. The quantitative estimate of drug-likeness (QED) is 0.588. The van der Waals surface area contributed by atoms with E-state index in [1.807, 2.05) is 0 Å². The van der Waals surface area contributed by atoms with Gasteiger partial charge in [-0.2, -0.15) is 0 Å². The average Bonchev–Trinajstić information content (AvgIpc) is 2.70. The molecule has 0 aliphatic heterocycles. The minimum absolute atomic E-state index is 0.160. The molecule has 7 nitrogen and oxygen atoms in total. The van der Waals surface area contributed by atoms with E-state index in [0.717, 1.165) is 0 Å². The van der Waals surface area contributed by atoms with Gasteiger partial charge in [-0.25, -0.2) is 9.18 Å². The molecule has 0 aliphatic rings. The van der Waals surface area contributed by atoms with Crippen molar-refractivity contribution < 1.29 is 23.5 Å². The molecule has 0 saturated heterocycles. The number of para-hydroxylation sites is 1. The van der Waals surface area contributed by atoms with Gasteiger partial charge in [0.15, 0.2) is 0 Å². The van der Waals surface area contributed by atoms with Crippen molar-refractivity contribution in [3.8, 4) is 0 Å². The highest BCUT2D eigenvalue weighted by Gasteiger charge is 2.16. The van der Waals surface area contributed by atoms with Crippen LogP contribution in [0.4, 0.5) is 14.9 Å². The number of hydrogen-bond acceptors (Lipinski definition) is 4. The maximum Gasteiger partial charge on any atom is 0.408 e. The molecule has 0 bridgehead atoms. The summed E-state index contributed by atoms with van der Waals surface area (Å²) in [5, 5.41) is 7.81. The zero-order valence-corrected chi connectivity index (χ0v) is 17.7. The van der Waals surface area contributed by atoms with E-state index in [9.17, 15) is 18.8 Å². The Balaban J connectivity index is 1.87. The molecule has 2 aromatic rings. The second-order valence-electron chi connectivity index (χ2n) is 7.66. The summed E-state index contributed by atoms with van der Waals surface area (Å²) in [7, 11) is 0. The van der Waals surface area contributed by atoms with E-state index in [-0.39, 0.29) is 24.8 Å². The van der Waals surface area contributed by atoms with Crippen molar-refractivity contribution in [3.63, 3.8) is 0 Å². The lowest BCUT2D eigenvalue weighted by Crippen LogP contribution is -2.39. The first kappa shape index (κ1) is 23.6. The molecule has 3 N–H and O–H groups in total. The number of carbonyl (C=O) groups is 3. The normalized spacial score (nSPS) is 11.1. The number of anilines is 1. The highest BCUT2D eigenvalue weighted by atomic mass is 19.1. The number of nitrogens with one attached hydrogen (secondary N) is 3. The molecular weight excluding hydrogens is 401 g/mol. The summed E-state index contributed by atoms with van der Waals surface area (Å²) in [6, 6.07) is 12.8. The molecule has 2 aromatic carbocycles. The summed E-state index contributed by atoms with van der Waals surface area (Å²) < 4.78 is 18.0. The topological polar surface area (TPSA) is 96.5 Å². The largest absolute Gasteiger partial charge is 0.444 e. The number of hydrogen-bond donors (Lipinski definition) is 3. The lowest BCUT2D eigenvalue weighted by molar-refractivity contribution is -0.120. The fourth-order valence-electron chi connectivity index (χ4n) is 2.44. The number of halogens is 1. The third kappa shape index (κ3) is 9.12. The Labute approximate surface area is 180 Å². The maximum atomic E-state index is 12.9. The Hall–Kier alpha value is -3.68. The van der Waals surface area contributed by atoms with Crippen molar-refractivity contribution in [2.45, 2.75) is 32.9 Å². The van der Waals surface area contributed by atoms with Crippen LogP contribution in [0.1, 0.15) is 31.9 Å². The summed E-state index contributed by atoms with van der Waals surface area (Å²) in [6.07, 6.45) is 2.23. The van der Waals surface area contributed by atoms with Crippen LogP contribution in [-0.4, -0.2) is 30.1 Å². The molecule has 0 spiro atoms. The maximum absolute atomic E-state index is 12.9. The average molecular weight is 427 g/mol. The van der Waals surface area contributed by atoms with E-state index in [1.54, 1.807) is 63.2 Å². The first-order valence-electron chi connectivity index (χ1n) is 9.68. The van der Waals surface area contributed by atoms with E-state index < -0.39 is 17.6 Å². The molecule has 0 atom stereocenters. The molecule has 8 heteroatoms. The van der Waals surface area contributed by atoms with E-state index in [1.165, 1.54) is 18.2 Å². The van der Waals surface area contributed by atoms with E-state index in [4.69, 9.17) is 4.74 Å². The number of rotatable bonds is 7. The van der Waals surface area contributed by atoms with Crippen molar-refractivity contribution in [2.24, 2.45) is 0 Å². The van der Waals surface area contributed by atoms with Gasteiger partial charge in [0.2, 0.25) is 11.8 Å². The zero-order valence-electron chi connectivity index (χ0n) is 17.7. The van der Waals surface area contributed by atoms with Gasteiger partial charge >= 0.3 is 6.09 Å². The van der Waals surface area contributed by atoms with E-state index >= 15 is 0 Å². The van der Waals surface area contributed by atoms with Crippen LogP contribution in [0.15, 0.2) is 54.6 Å². The van der Waals surface area contributed by atoms with Crippen molar-refractivity contribution >= 4 is 29.7 Å². The summed E-state index contributed by atoms with van der Waals surface area (Å²) in [6.45, 7) is 5.11. The van der Waals surface area contributed by atoms with Gasteiger partial charge in [-0.15, -0.1) is 0 Å². The zero-order chi connectivity index (χ0) is 22.9. The van der Waals surface area contributed by atoms with Crippen molar-refractivity contribution in [1.82, 2.24) is 10.6 Å². The Morgan fingerprint density at radius 3 is 2.35 bits per heavy atom. The summed E-state index contributed by atoms with van der Waals surface area (Å²) >= 11 is 0. The van der Waals surface area contributed by atoms with Crippen LogP contribution in [0, 0.1) is 5.82 Å². The number of ether oxygens (including phenoxy) is 1. The predicted molar refractivity (Wildman–Crippen MR) is 117 cm³/mol.